The van der Waals surface area contributed by atoms with Crippen LogP contribution >= 0.6 is 11.6 Å². The zero-order valence-electron chi connectivity index (χ0n) is 7.25. The number of halogens is 1. The Morgan fingerprint density at radius 3 is 2.92 bits per heavy atom. The Morgan fingerprint density at radius 1 is 1.54 bits per heavy atom. The topological polar surface area (TPSA) is 47.0 Å². The van der Waals surface area contributed by atoms with Gasteiger partial charge in [-0.05, 0) is 12.8 Å². The molecular formula is C8H10ClN3O. The molecule has 1 aromatic rings. The van der Waals surface area contributed by atoms with Crippen LogP contribution in [0.5, 0.6) is 5.75 Å². The molecule has 70 valence electrons. The molecule has 0 spiro atoms. The van der Waals surface area contributed by atoms with Crippen LogP contribution in [0.25, 0.3) is 0 Å². The molecule has 1 aliphatic carbocycles. The van der Waals surface area contributed by atoms with Crippen LogP contribution in [0.1, 0.15) is 12.8 Å². The Kier molecular flexibility index (Phi) is 2.22. The van der Waals surface area contributed by atoms with E-state index in [1.807, 2.05) is 0 Å². The molecule has 13 heavy (non-hydrogen) atoms. The summed E-state index contributed by atoms with van der Waals surface area (Å²) in [5, 5.41) is 3.56. The summed E-state index contributed by atoms with van der Waals surface area (Å²) in [7, 11) is 1.56. The number of hydrogen-bond donors (Lipinski definition) is 1. The van der Waals surface area contributed by atoms with E-state index in [4.69, 9.17) is 16.3 Å². The third-order valence-electron chi connectivity index (χ3n) is 1.88. The van der Waals surface area contributed by atoms with Crippen molar-refractivity contribution in [3.8, 4) is 5.75 Å². The third-order valence-corrected chi connectivity index (χ3v) is 2.15. The lowest BCUT2D eigenvalue weighted by atomic mass is 10.5. The van der Waals surface area contributed by atoms with Gasteiger partial charge in [-0.25, -0.2) is 9.97 Å². The number of ether oxygens (including phenoxy) is 1. The predicted octanol–water partition coefficient (Wildman–Crippen LogP) is 1.71. The fraction of sp³-hybridized carbons (Fsp3) is 0.500. The Labute approximate surface area is 81.3 Å². The Bertz CT molecular complexity index is 314. The van der Waals surface area contributed by atoms with Gasteiger partial charge in [0.05, 0.1) is 7.11 Å². The second kappa shape index (κ2) is 3.38. The molecule has 0 aromatic carbocycles. The van der Waals surface area contributed by atoms with Crippen molar-refractivity contribution in [3.63, 3.8) is 0 Å². The van der Waals surface area contributed by atoms with Gasteiger partial charge in [-0.1, -0.05) is 11.6 Å². The minimum atomic E-state index is 0.348. The van der Waals surface area contributed by atoms with Gasteiger partial charge >= 0.3 is 0 Å². The number of hydrogen-bond acceptors (Lipinski definition) is 4. The highest BCUT2D eigenvalue weighted by Crippen LogP contribution is 2.32. The van der Waals surface area contributed by atoms with E-state index in [1.54, 1.807) is 7.11 Å². The summed E-state index contributed by atoms with van der Waals surface area (Å²) in [6.07, 6.45) is 3.80. The van der Waals surface area contributed by atoms with Crippen molar-refractivity contribution < 1.29 is 4.74 Å². The standard InChI is InChI=1S/C8H10ClN3O/c1-13-6-7(9)10-4-11-8(6)12-5-2-3-5/h4-5H,2-3H2,1H3,(H,10,11,12). The molecule has 1 aliphatic rings. The van der Waals surface area contributed by atoms with Gasteiger partial charge in [0.2, 0.25) is 0 Å². The number of nitrogens with zero attached hydrogens (tertiary/aromatic N) is 2. The lowest BCUT2D eigenvalue weighted by molar-refractivity contribution is 0.413. The van der Waals surface area contributed by atoms with Gasteiger partial charge in [0.1, 0.15) is 6.33 Å². The van der Waals surface area contributed by atoms with E-state index in [-0.39, 0.29) is 0 Å². The van der Waals surface area contributed by atoms with Gasteiger partial charge in [-0.3, -0.25) is 0 Å². The third kappa shape index (κ3) is 1.83. The molecule has 2 rings (SSSR count). The smallest absolute Gasteiger partial charge is 0.198 e. The Hall–Kier alpha value is -1.03. The van der Waals surface area contributed by atoms with Crippen molar-refractivity contribution >= 4 is 17.4 Å². The van der Waals surface area contributed by atoms with Gasteiger partial charge in [0, 0.05) is 6.04 Å². The zero-order chi connectivity index (χ0) is 9.26. The average Bonchev–Trinajstić information content (AvgIpc) is 2.89. The normalized spacial score (nSPS) is 15.5. The van der Waals surface area contributed by atoms with Gasteiger partial charge in [0.15, 0.2) is 16.7 Å². The van der Waals surface area contributed by atoms with E-state index in [9.17, 15) is 0 Å². The molecule has 0 amide bonds. The maximum atomic E-state index is 5.82. The minimum Gasteiger partial charge on any atom is -0.490 e. The molecule has 0 unspecified atom stereocenters. The highest BCUT2D eigenvalue weighted by Gasteiger charge is 2.23. The first-order valence-corrected chi connectivity index (χ1v) is 4.50. The minimum absolute atomic E-state index is 0.348. The van der Waals surface area contributed by atoms with Crippen LogP contribution in [-0.2, 0) is 0 Å². The van der Waals surface area contributed by atoms with Gasteiger partial charge < -0.3 is 10.1 Å². The number of methoxy groups -OCH3 is 1. The van der Waals surface area contributed by atoms with Crippen molar-refractivity contribution in [1.82, 2.24) is 9.97 Å². The molecule has 1 N–H and O–H groups in total. The summed E-state index contributed by atoms with van der Waals surface area (Å²) in [6, 6.07) is 0.528. The maximum absolute atomic E-state index is 5.82. The second-order valence-corrected chi connectivity index (χ2v) is 3.32. The maximum Gasteiger partial charge on any atom is 0.198 e. The molecule has 4 nitrogen and oxygen atoms in total. The summed E-state index contributed by atoms with van der Waals surface area (Å²) in [6.45, 7) is 0. The fourth-order valence-electron chi connectivity index (χ4n) is 1.06. The largest absolute Gasteiger partial charge is 0.490 e. The zero-order valence-corrected chi connectivity index (χ0v) is 8.01. The quantitative estimate of drug-likeness (QED) is 0.753. The number of anilines is 1. The SMILES string of the molecule is COc1c(Cl)ncnc1NC1CC1. The molecule has 0 radical (unpaired) electrons. The van der Waals surface area contributed by atoms with Gasteiger partial charge in [0.25, 0.3) is 0 Å². The lowest BCUT2D eigenvalue weighted by Gasteiger charge is -2.08. The second-order valence-electron chi connectivity index (χ2n) is 2.96. The molecule has 0 bridgehead atoms. The summed E-state index contributed by atoms with van der Waals surface area (Å²) in [4.78, 5) is 7.89. The molecule has 0 saturated heterocycles. The first-order valence-electron chi connectivity index (χ1n) is 4.12. The summed E-state index contributed by atoms with van der Waals surface area (Å²) in [5.41, 5.74) is 0. The van der Waals surface area contributed by atoms with Crippen molar-refractivity contribution in [3.05, 3.63) is 11.5 Å². The monoisotopic (exact) mass is 199 g/mol. The molecule has 1 heterocycles. The molecule has 5 heteroatoms. The predicted molar refractivity (Wildman–Crippen MR) is 50.2 cm³/mol. The summed E-state index contributed by atoms with van der Waals surface area (Å²) in [5.74, 6) is 1.21. The molecule has 0 aliphatic heterocycles. The van der Waals surface area contributed by atoms with Gasteiger partial charge in [-0.15, -0.1) is 0 Å². The Morgan fingerprint density at radius 2 is 2.31 bits per heavy atom. The molecular weight excluding hydrogens is 190 g/mol. The van der Waals surface area contributed by atoms with Crippen LogP contribution in [0.2, 0.25) is 5.15 Å². The molecule has 1 aromatic heterocycles. The fourth-order valence-corrected chi connectivity index (χ4v) is 1.27. The summed E-state index contributed by atoms with van der Waals surface area (Å²) < 4.78 is 5.09. The van der Waals surface area contributed by atoms with Crippen molar-refractivity contribution in [2.45, 2.75) is 18.9 Å². The van der Waals surface area contributed by atoms with E-state index in [1.165, 1.54) is 19.2 Å². The van der Waals surface area contributed by atoms with Crippen molar-refractivity contribution in [1.29, 1.82) is 0 Å². The molecule has 0 atom stereocenters. The number of rotatable bonds is 3. The van der Waals surface area contributed by atoms with Crippen LogP contribution in [-0.4, -0.2) is 23.1 Å². The van der Waals surface area contributed by atoms with Gasteiger partial charge in [-0.2, -0.15) is 0 Å². The van der Waals surface area contributed by atoms with Crippen LogP contribution in [0, 0.1) is 0 Å². The van der Waals surface area contributed by atoms with E-state index in [2.05, 4.69) is 15.3 Å². The first kappa shape index (κ1) is 8.56. The van der Waals surface area contributed by atoms with Crippen molar-refractivity contribution in [2.24, 2.45) is 0 Å². The van der Waals surface area contributed by atoms with Crippen LogP contribution in [0.3, 0.4) is 0 Å². The van der Waals surface area contributed by atoms with Crippen LogP contribution in [0.15, 0.2) is 6.33 Å². The first-order chi connectivity index (χ1) is 6.31. The summed E-state index contributed by atoms with van der Waals surface area (Å²) >= 11 is 5.82. The van der Waals surface area contributed by atoms with E-state index >= 15 is 0 Å². The highest BCUT2D eigenvalue weighted by molar-refractivity contribution is 6.31. The van der Waals surface area contributed by atoms with E-state index < -0.39 is 0 Å². The van der Waals surface area contributed by atoms with E-state index in [0.29, 0.717) is 22.8 Å². The average molecular weight is 200 g/mol. The number of aromatic nitrogens is 2. The van der Waals surface area contributed by atoms with Crippen molar-refractivity contribution in [2.75, 3.05) is 12.4 Å². The Balaban J connectivity index is 2.25. The van der Waals surface area contributed by atoms with Crippen LogP contribution in [0.4, 0.5) is 5.82 Å². The lowest BCUT2D eigenvalue weighted by Crippen LogP contribution is -2.05. The molecule has 1 fully saturated rings. The number of nitrogens with one attached hydrogen (secondary N) is 1. The van der Waals surface area contributed by atoms with Crippen LogP contribution < -0.4 is 10.1 Å². The van der Waals surface area contributed by atoms with E-state index in [0.717, 1.165) is 0 Å². The highest BCUT2D eigenvalue weighted by atomic mass is 35.5. The molecule has 1 saturated carbocycles.